The van der Waals surface area contributed by atoms with Gasteiger partial charge in [0.2, 0.25) is 17.6 Å². The number of nitrogens with one attached hydrogen (secondary N) is 1. The molecule has 30 heavy (non-hydrogen) atoms. The standard InChI is InChI=1S/C23H22N4O3/c1-14-7-10-19-18(9-8-15(2)24-19)22(14)25-20(28)11-12-21-26-23(27-30-21)16-5-4-6-17(13-16)29-3/h4-10,13H,11-12H2,1-3H3,(H,25,28). The molecule has 0 unspecified atom stereocenters. The summed E-state index contributed by atoms with van der Waals surface area (Å²) in [5, 5.41) is 7.94. The quantitative estimate of drug-likeness (QED) is 0.511. The Labute approximate surface area is 174 Å². The van der Waals surface area contributed by atoms with Crippen LogP contribution in [0.4, 0.5) is 5.69 Å². The van der Waals surface area contributed by atoms with E-state index in [2.05, 4.69) is 20.4 Å². The van der Waals surface area contributed by atoms with E-state index in [9.17, 15) is 4.79 Å². The van der Waals surface area contributed by atoms with Crippen molar-refractivity contribution < 1.29 is 14.1 Å². The first kappa shape index (κ1) is 19.6. The fourth-order valence-electron chi connectivity index (χ4n) is 3.24. The SMILES string of the molecule is COc1cccc(-c2noc(CCC(=O)Nc3c(C)ccc4nc(C)ccc34)n2)c1. The Hall–Kier alpha value is -3.74. The molecule has 0 bridgehead atoms. The summed E-state index contributed by atoms with van der Waals surface area (Å²) in [5.41, 5.74) is 4.36. The molecule has 0 saturated heterocycles. The third kappa shape index (κ3) is 4.15. The molecule has 2 aromatic heterocycles. The first-order chi connectivity index (χ1) is 14.5. The number of anilines is 1. The molecule has 0 spiro atoms. The predicted octanol–water partition coefficient (Wildman–Crippen LogP) is 4.48. The lowest BCUT2D eigenvalue weighted by atomic mass is 10.1. The number of rotatable bonds is 6. The van der Waals surface area contributed by atoms with Crippen LogP contribution in [0.3, 0.4) is 0 Å². The van der Waals surface area contributed by atoms with Crippen molar-refractivity contribution in [3.63, 3.8) is 0 Å². The van der Waals surface area contributed by atoms with Gasteiger partial charge in [-0.2, -0.15) is 4.98 Å². The second-order valence-electron chi connectivity index (χ2n) is 7.07. The highest BCUT2D eigenvalue weighted by Gasteiger charge is 2.13. The van der Waals surface area contributed by atoms with Crippen LogP contribution in [0.5, 0.6) is 5.75 Å². The Bertz CT molecular complexity index is 1220. The maximum atomic E-state index is 12.6. The van der Waals surface area contributed by atoms with Gasteiger partial charge >= 0.3 is 0 Å². The number of nitrogens with zero attached hydrogens (tertiary/aromatic N) is 3. The molecule has 0 aliphatic heterocycles. The normalized spacial score (nSPS) is 10.9. The zero-order valence-electron chi connectivity index (χ0n) is 17.1. The lowest BCUT2D eigenvalue weighted by Crippen LogP contribution is -2.13. The maximum Gasteiger partial charge on any atom is 0.227 e. The summed E-state index contributed by atoms with van der Waals surface area (Å²) in [6, 6.07) is 15.3. The Morgan fingerprint density at radius 2 is 1.97 bits per heavy atom. The van der Waals surface area contributed by atoms with Gasteiger partial charge in [0.05, 0.1) is 18.3 Å². The molecule has 0 atom stereocenters. The molecule has 0 aliphatic carbocycles. The van der Waals surface area contributed by atoms with Gasteiger partial charge in [-0.05, 0) is 49.7 Å². The molecule has 1 N–H and O–H groups in total. The van der Waals surface area contributed by atoms with Gasteiger partial charge in [0.15, 0.2) is 0 Å². The zero-order chi connectivity index (χ0) is 21.1. The smallest absolute Gasteiger partial charge is 0.227 e. The summed E-state index contributed by atoms with van der Waals surface area (Å²) in [6.45, 7) is 3.91. The molecular formula is C23H22N4O3. The Balaban J connectivity index is 1.44. The van der Waals surface area contributed by atoms with Crippen LogP contribution in [-0.4, -0.2) is 28.1 Å². The number of ether oxygens (including phenoxy) is 1. The van der Waals surface area contributed by atoms with Gasteiger partial charge in [-0.25, -0.2) is 0 Å². The lowest BCUT2D eigenvalue weighted by molar-refractivity contribution is -0.116. The van der Waals surface area contributed by atoms with Gasteiger partial charge in [-0.3, -0.25) is 9.78 Å². The van der Waals surface area contributed by atoms with Crippen molar-refractivity contribution in [1.29, 1.82) is 0 Å². The minimum atomic E-state index is -0.118. The predicted molar refractivity (Wildman–Crippen MR) is 114 cm³/mol. The number of fused-ring (bicyclic) bond motifs is 1. The summed E-state index contributed by atoms with van der Waals surface area (Å²) < 4.78 is 10.5. The van der Waals surface area contributed by atoms with E-state index in [0.717, 1.165) is 33.4 Å². The molecule has 152 valence electrons. The molecule has 4 aromatic rings. The van der Waals surface area contributed by atoms with E-state index >= 15 is 0 Å². The van der Waals surface area contributed by atoms with Crippen LogP contribution >= 0.6 is 0 Å². The lowest BCUT2D eigenvalue weighted by Gasteiger charge is -2.11. The molecule has 0 radical (unpaired) electrons. The number of amides is 1. The summed E-state index contributed by atoms with van der Waals surface area (Å²) in [4.78, 5) is 21.5. The van der Waals surface area contributed by atoms with Gasteiger partial charge in [0.25, 0.3) is 0 Å². The second-order valence-corrected chi connectivity index (χ2v) is 7.07. The van der Waals surface area contributed by atoms with Gasteiger partial charge in [-0.1, -0.05) is 23.4 Å². The van der Waals surface area contributed by atoms with Crippen molar-refractivity contribution in [3.05, 3.63) is 65.7 Å². The van der Waals surface area contributed by atoms with Crippen molar-refractivity contribution in [2.75, 3.05) is 12.4 Å². The van der Waals surface area contributed by atoms with E-state index in [1.807, 2.05) is 62.4 Å². The van der Waals surface area contributed by atoms with Crippen LogP contribution in [0.2, 0.25) is 0 Å². The first-order valence-electron chi connectivity index (χ1n) is 9.67. The van der Waals surface area contributed by atoms with Gasteiger partial charge < -0.3 is 14.6 Å². The monoisotopic (exact) mass is 402 g/mol. The average molecular weight is 402 g/mol. The van der Waals surface area contributed by atoms with E-state index < -0.39 is 0 Å². The summed E-state index contributed by atoms with van der Waals surface area (Å²) in [6.07, 6.45) is 0.582. The highest BCUT2D eigenvalue weighted by Crippen LogP contribution is 2.27. The summed E-state index contributed by atoms with van der Waals surface area (Å²) in [7, 11) is 1.61. The van der Waals surface area contributed by atoms with Gasteiger partial charge in [0, 0.05) is 29.5 Å². The molecule has 4 rings (SSSR count). The number of hydrogen-bond acceptors (Lipinski definition) is 6. The number of hydrogen-bond donors (Lipinski definition) is 1. The number of pyridine rings is 1. The van der Waals surface area contributed by atoms with Gasteiger partial charge in [-0.15, -0.1) is 0 Å². The fourth-order valence-corrected chi connectivity index (χ4v) is 3.24. The third-order valence-electron chi connectivity index (χ3n) is 4.85. The van der Waals surface area contributed by atoms with E-state index in [1.54, 1.807) is 7.11 Å². The number of benzene rings is 2. The van der Waals surface area contributed by atoms with Crippen molar-refractivity contribution in [2.24, 2.45) is 0 Å². The minimum Gasteiger partial charge on any atom is -0.497 e. The van der Waals surface area contributed by atoms with Crippen LogP contribution in [0.15, 0.2) is 53.1 Å². The molecule has 0 fully saturated rings. The number of aryl methyl sites for hydroxylation is 3. The molecule has 7 nitrogen and oxygen atoms in total. The van der Waals surface area contributed by atoms with Crippen LogP contribution in [-0.2, 0) is 11.2 Å². The van der Waals surface area contributed by atoms with Gasteiger partial charge in [0.1, 0.15) is 5.75 Å². The topological polar surface area (TPSA) is 90.1 Å². The Morgan fingerprint density at radius 1 is 1.10 bits per heavy atom. The third-order valence-corrected chi connectivity index (χ3v) is 4.85. The fraction of sp³-hybridized carbons (Fsp3) is 0.217. The van der Waals surface area contributed by atoms with Crippen LogP contribution in [0, 0.1) is 13.8 Å². The zero-order valence-corrected chi connectivity index (χ0v) is 17.1. The second kappa shape index (κ2) is 8.32. The molecule has 2 aromatic carbocycles. The molecular weight excluding hydrogens is 380 g/mol. The average Bonchev–Trinajstić information content (AvgIpc) is 3.23. The molecule has 0 saturated carbocycles. The maximum absolute atomic E-state index is 12.6. The molecule has 1 amide bonds. The number of methoxy groups -OCH3 is 1. The number of aromatic nitrogens is 3. The Morgan fingerprint density at radius 3 is 2.80 bits per heavy atom. The number of carbonyl (C=O) groups is 1. The minimum absolute atomic E-state index is 0.118. The summed E-state index contributed by atoms with van der Waals surface area (Å²) in [5.74, 6) is 1.48. The van der Waals surface area contributed by atoms with Crippen molar-refractivity contribution in [2.45, 2.75) is 26.7 Å². The van der Waals surface area contributed by atoms with E-state index in [0.29, 0.717) is 23.9 Å². The van der Waals surface area contributed by atoms with E-state index in [1.165, 1.54) is 0 Å². The van der Waals surface area contributed by atoms with Crippen molar-refractivity contribution in [1.82, 2.24) is 15.1 Å². The van der Waals surface area contributed by atoms with E-state index in [4.69, 9.17) is 9.26 Å². The largest absolute Gasteiger partial charge is 0.497 e. The first-order valence-corrected chi connectivity index (χ1v) is 9.67. The van der Waals surface area contributed by atoms with Crippen LogP contribution in [0.1, 0.15) is 23.6 Å². The highest BCUT2D eigenvalue weighted by molar-refractivity contribution is 6.02. The van der Waals surface area contributed by atoms with Crippen molar-refractivity contribution in [3.8, 4) is 17.1 Å². The Kier molecular flexibility index (Phi) is 5.43. The van der Waals surface area contributed by atoms with Crippen LogP contribution < -0.4 is 10.1 Å². The molecule has 7 heteroatoms. The van der Waals surface area contributed by atoms with E-state index in [-0.39, 0.29) is 12.3 Å². The van der Waals surface area contributed by atoms with Crippen LogP contribution in [0.25, 0.3) is 22.3 Å². The van der Waals surface area contributed by atoms with Crippen molar-refractivity contribution >= 4 is 22.5 Å². The molecule has 0 aliphatic rings. The summed E-state index contributed by atoms with van der Waals surface area (Å²) >= 11 is 0. The molecule has 2 heterocycles. The highest BCUT2D eigenvalue weighted by atomic mass is 16.5. The number of carbonyl (C=O) groups excluding carboxylic acids is 1.